The Balaban J connectivity index is 1.73. The fraction of sp³-hybridized carbons (Fsp3) is 0.929. The zero-order chi connectivity index (χ0) is 12.4. The highest BCUT2D eigenvalue weighted by atomic mass is 16.2. The van der Waals surface area contributed by atoms with Gasteiger partial charge in [-0.2, -0.15) is 0 Å². The Kier molecular flexibility index (Phi) is 4.08. The zero-order valence-corrected chi connectivity index (χ0v) is 11.1. The maximum absolute atomic E-state index is 11.9. The average molecular weight is 238 g/mol. The Morgan fingerprint density at radius 2 is 2.18 bits per heavy atom. The van der Waals surface area contributed by atoms with Crippen LogP contribution in [-0.4, -0.2) is 18.5 Å². The van der Waals surface area contributed by atoms with Crippen molar-refractivity contribution in [1.29, 1.82) is 0 Å². The molecule has 0 spiro atoms. The van der Waals surface area contributed by atoms with Gasteiger partial charge in [0.1, 0.15) is 0 Å². The molecule has 1 amide bonds. The number of amides is 1. The summed E-state index contributed by atoms with van der Waals surface area (Å²) in [4.78, 5) is 11.9. The third-order valence-corrected chi connectivity index (χ3v) is 4.98. The van der Waals surface area contributed by atoms with Crippen molar-refractivity contribution in [2.75, 3.05) is 6.54 Å². The van der Waals surface area contributed by atoms with Gasteiger partial charge in [0.25, 0.3) is 0 Å². The summed E-state index contributed by atoms with van der Waals surface area (Å²) >= 11 is 0. The predicted molar refractivity (Wildman–Crippen MR) is 69.4 cm³/mol. The molecule has 3 heteroatoms. The van der Waals surface area contributed by atoms with Gasteiger partial charge >= 0.3 is 0 Å². The van der Waals surface area contributed by atoms with Gasteiger partial charge in [0.2, 0.25) is 5.91 Å². The first-order valence-corrected chi connectivity index (χ1v) is 7.15. The number of nitrogens with one attached hydrogen (secondary N) is 1. The van der Waals surface area contributed by atoms with Crippen molar-refractivity contribution >= 4 is 5.91 Å². The van der Waals surface area contributed by atoms with Crippen LogP contribution in [0.1, 0.15) is 46.0 Å². The lowest BCUT2D eigenvalue weighted by Gasteiger charge is -2.24. The van der Waals surface area contributed by atoms with Crippen molar-refractivity contribution < 1.29 is 4.79 Å². The summed E-state index contributed by atoms with van der Waals surface area (Å²) in [6, 6.07) is -0.335. The predicted octanol–water partition coefficient (Wildman–Crippen LogP) is 1.91. The highest BCUT2D eigenvalue weighted by Gasteiger charge is 2.39. The second kappa shape index (κ2) is 5.38. The monoisotopic (exact) mass is 238 g/mol. The summed E-state index contributed by atoms with van der Waals surface area (Å²) in [5, 5.41) is 3.06. The number of rotatable bonds is 5. The van der Waals surface area contributed by atoms with E-state index in [1.807, 2.05) is 6.92 Å². The van der Waals surface area contributed by atoms with Gasteiger partial charge in [-0.3, -0.25) is 4.79 Å². The minimum Gasteiger partial charge on any atom is -0.354 e. The van der Waals surface area contributed by atoms with Crippen molar-refractivity contribution in [2.24, 2.45) is 29.4 Å². The number of nitrogens with two attached hydrogens (primary N) is 1. The van der Waals surface area contributed by atoms with Crippen LogP contribution >= 0.6 is 0 Å². The summed E-state index contributed by atoms with van der Waals surface area (Å²) < 4.78 is 0. The third kappa shape index (κ3) is 2.82. The maximum Gasteiger partial charge on any atom is 0.237 e. The van der Waals surface area contributed by atoms with E-state index in [9.17, 15) is 4.79 Å². The lowest BCUT2D eigenvalue weighted by atomic mass is 9.88. The van der Waals surface area contributed by atoms with E-state index in [2.05, 4.69) is 12.2 Å². The minimum atomic E-state index is -0.335. The second-order valence-electron chi connectivity index (χ2n) is 6.09. The van der Waals surface area contributed by atoms with E-state index in [-0.39, 0.29) is 17.9 Å². The normalized spacial score (nSPS) is 34.6. The van der Waals surface area contributed by atoms with Gasteiger partial charge in [-0.25, -0.2) is 0 Å². The van der Waals surface area contributed by atoms with Crippen LogP contribution in [0.2, 0.25) is 0 Å². The van der Waals surface area contributed by atoms with Crippen LogP contribution in [-0.2, 0) is 4.79 Å². The Morgan fingerprint density at radius 3 is 2.71 bits per heavy atom. The van der Waals surface area contributed by atoms with E-state index >= 15 is 0 Å². The van der Waals surface area contributed by atoms with Gasteiger partial charge in [0.05, 0.1) is 6.04 Å². The first-order valence-electron chi connectivity index (χ1n) is 7.15. The number of carbonyl (C=O) groups excluding carboxylic acids is 1. The molecule has 2 rings (SSSR count). The highest BCUT2D eigenvalue weighted by molar-refractivity contribution is 5.81. The number of carbonyl (C=O) groups is 1. The fourth-order valence-electron chi connectivity index (χ4n) is 3.49. The Hall–Kier alpha value is -0.570. The topological polar surface area (TPSA) is 55.1 Å². The second-order valence-corrected chi connectivity index (χ2v) is 6.09. The van der Waals surface area contributed by atoms with Crippen LogP contribution in [0.25, 0.3) is 0 Å². The quantitative estimate of drug-likeness (QED) is 0.768. The summed E-state index contributed by atoms with van der Waals surface area (Å²) in [6.45, 7) is 4.97. The molecule has 98 valence electrons. The van der Waals surface area contributed by atoms with Crippen LogP contribution in [0.15, 0.2) is 0 Å². The minimum absolute atomic E-state index is 0.0436. The number of hydrogen-bond donors (Lipinski definition) is 2. The molecule has 0 aromatic heterocycles. The first-order chi connectivity index (χ1) is 8.11. The van der Waals surface area contributed by atoms with Gasteiger partial charge in [-0.1, -0.05) is 26.7 Å². The molecule has 5 atom stereocenters. The molecule has 17 heavy (non-hydrogen) atoms. The van der Waals surface area contributed by atoms with Gasteiger partial charge in [0, 0.05) is 6.54 Å². The van der Waals surface area contributed by atoms with Crippen LogP contribution < -0.4 is 11.1 Å². The van der Waals surface area contributed by atoms with Crippen LogP contribution in [0.3, 0.4) is 0 Å². The Morgan fingerprint density at radius 1 is 1.41 bits per heavy atom. The van der Waals surface area contributed by atoms with Gasteiger partial charge in [0.15, 0.2) is 0 Å². The molecule has 0 heterocycles. The maximum atomic E-state index is 11.9. The molecular weight excluding hydrogens is 212 g/mol. The summed E-state index contributed by atoms with van der Waals surface area (Å²) in [7, 11) is 0. The molecule has 0 aliphatic heterocycles. The van der Waals surface area contributed by atoms with E-state index in [4.69, 9.17) is 5.73 Å². The molecular formula is C14H26N2O. The van der Waals surface area contributed by atoms with Crippen LogP contribution in [0.4, 0.5) is 0 Å². The Bertz CT molecular complexity index is 279. The number of hydrogen-bond acceptors (Lipinski definition) is 2. The molecule has 2 fully saturated rings. The van der Waals surface area contributed by atoms with Crippen LogP contribution in [0, 0.1) is 23.7 Å². The lowest BCUT2D eigenvalue weighted by molar-refractivity contribution is -0.123. The molecule has 2 aliphatic carbocycles. The first kappa shape index (κ1) is 12.9. The molecule has 4 unspecified atom stereocenters. The highest BCUT2D eigenvalue weighted by Crippen LogP contribution is 2.47. The van der Waals surface area contributed by atoms with Gasteiger partial charge < -0.3 is 11.1 Å². The fourth-order valence-corrected chi connectivity index (χ4v) is 3.49. The molecule has 0 saturated heterocycles. The summed E-state index contributed by atoms with van der Waals surface area (Å²) in [6.07, 6.45) is 6.48. The van der Waals surface area contributed by atoms with Crippen molar-refractivity contribution in [3.8, 4) is 0 Å². The largest absolute Gasteiger partial charge is 0.354 e. The van der Waals surface area contributed by atoms with Gasteiger partial charge in [-0.05, 0) is 42.9 Å². The molecule has 0 aromatic carbocycles. The van der Waals surface area contributed by atoms with Crippen molar-refractivity contribution in [1.82, 2.24) is 5.32 Å². The zero-order valence-electron chi connectivity index (χ0n) is 11.1. The third-order valence-electron chi connectivity index (χ3n) is 4.98. The lowest BCUT2D eigenvalue weighted by Crippen LogP contribution is -2.46. The SMILES string of the molecule is CCC(C)[C@H](N)C(=O)NCC1CC2CCC1C2. The van der Waals surface area contributed by atoms with E-state index < -0.39 is 0 Å². The van der Waals surface area contributed by atoms with Crippen molar-refractivity contribution in [2.45, 2.75) is 52.0 Å². The molecule has 0 radical (unpaired) electrons. The molecule has 0 aromatic rings. The van der Waals surface area contributed by atoms with Crippen molar-refractivity contribution in [3.05, 3.63) is 0 Å². The summed E-state index contributed by atoms with van der Waals surface area (Å²) in [5.41, 5.74) is 5.92. The Labute approximate surface area is 105 Å². The van der Waals surface area contributed by atoms with E-state index in [1.54, 1.807) is 0 Å². The van der Waals surface area contributed by atoms with Gasteiger partial charge in [-0.15, -0.1) is 0 Å². The molecule has 2 saturated carbocycles. The van der Waals surface area contributed by atoms with E-state index in [1.165, 1.54) is 25.7 Å². The molecule has 3 nitrogen and oxygen atoms in total. The standard InChI is InChI=1S/C14H26N2O/c1-3-9(2)13(15)14(17)16-8-12-7-10-4-5-11(12)6-10/h9-13H,3-8,15H2,1-2H3,(H,16,17)/t9?,10?,11?,12?,13-/m0/s1. The summed E-state index contributed by atoms with van der Waals surface area (Å²) in [5.74, 6) is 2.87. The van der Waals surface area contributed by atoms with Crippen LogP contribution in [0.5, 0.6) is 0 Å². The molecule has 2 bridgehead atoms. The number of fused-ring (bicyclic) bond motifs is 2. The molecule has 2 aliphatic rings. The van der Waals surface area contributed by atoms with E-state index in [0.717, 1.165) is 30.7 Å². The molecule has 3 N–H and O–H groups in total. The smallest absolute Gasteiger partial charge is 0.237 e. The van der Waals surface area contributed by atoms with E-state index in [0.29, 0.717) is 0 Å². The van der Waals surface area contributed by atoms with Crippen molar-refractivity contribution in [3.63, 3.8) is 0 Å². The average Bonchev–Trinajstić information content (AvgIpc) is 2.95.